The van der Waals surface area contributed by atoms with E-state index in [2.05, 4.69) is 17.1 Å². The van der Waals surface area contributed by atoms with Crippen molar-refractivity contribution in [2.75, 3.05) is 44.3 Å². The minimum absolute atomic E-state index is 0. The Morgan fingerprint density at radius 3 is 3.00 bits per heavy atom. The van der Waals surface area contributed by atoms with Crippen LogP contribution in [0.25, 0.3) is 0 Å². The highest BCUT2D eigenvalue weighted by Gasteiger charge is 2.33. The molecular formula is C12H25ClN2OS. The van der Waals surface area contributed by atoms with E-state index in [4.69, 9.17) is 5.11 Å². The van der Waals surface area contributed by atoms with Gasteiger partial charge in [-0.2, -0.15) is 11.8 Å². The molecule has 2 aliphatic heterocycles. The molecule has 0 saturated carbocycles. The maximum absolute atomic E-state index is 9.11. The largest absolute Gasteiger partial charge is 0.396 e. The lowest BCUT2D eigenvalue weighted by Crippen LogP contribution is -2.48. The van der Waals surface area contributed by atoms with Gasteiger partial charge in [-0.15, -0.1) is 12.4 Å². The Morgan fingerprint density at radius 2 is 2.35 bits per heavy atom. The van der Waals surface area contributed by atoms with Gasteiger partial charge in [-0.05, 0) is 24.8 Å². The lowest BCUT2D eigenvalue weighted by Gasteiger charge is -2.40. The molecule has 0 aromatic rings. The molecule has 0 amide bonds. The molecule has 2 fully saturated rings. The van der Waals surface area contributed by atoms with Crippen molar-refractivity contribution < 1.29 is 5.11 Å². The molecule has 102 valence electrons. The summed E-state index contributed by atoms with van der Waals surface area (Å²) in [5.41, 5.74) is 0.454. The summed E-state index contributed by atoms with van der Waals surface area (Å²) in [6.07, 6.45) is 2.24. The Kier molecular flexibility index (Phi) is 6.59. The summed E-state index contributed by atoms with van der Waals surface area (Å²) in [5, 5.41) is 12.6. The highest BCUT2D eigenvalue weighted by Crippen LogP contribution is 2.29. The van der Waals surface area contributed by atoms with Gasteiger partial charge in [0.2, 0.25) is 0 Å². The molecule has 2 saturated heterocycles. The summed E-state index contributed by atoms with van der Waals surface area (Å²) in [4.78, 5) is 2.61. The molecule has 0 radical (unpaired) electrons. The highest BCUT2D eigenvalue weighted by atomic mass is 35.5. The van der Waals surface area contributed by atoms with Crippen molar-refractivity contribution in [2.45, 2.75) is 25.8 Å². The van der Waals surface area contributed by atoms with Crippen LogP contribution < -0.4 is 5.32 Å². The average molecular weight is 281 g/mol. The second-order valence-electron chi connectivity index (χ2n) is 5.45. The molecule has 2 N–H and O–H groups in total. The minimum atomic E-state index is 0. The fraction of sp³-hybridized carbons (Fsp3) is 1.00. The van der Waals surface area contributed by atoms with Crippen molar-refractivity contribution in [1.29, 1.82) is 0 Å². The van der Waals surface area contributed by atoms with Gasteiger partial charge in [0, 0.05) is 43.8 Å². The fourth-order valence-corrected chi connectivity index (χ4v) is 3.99. The van der Waals surface area contributed by atoms with Crippen LogP contribution in [-0.4, -0.2) is 60.3 Å². The zero-order valence-electron chi connectivity index (χ0n) is 10.7. The van der Waals surface area contributed by atoms with E-state index in [9.17, 15) is 0 Å². The Hall–Kier alpha value is 0.520. The molecule has 3 nitrogen and oxygen atoms in total. The van der Waals surface area contributed by atoms with Crippen molar-refractivity contribution in [3.05, 3.63) is 0 Å². The van der Waals surface area contributed by atoms with Crippen molar-refractivity contribution in [3.63, 3.8) is 0 Å². The van der Waals surface area contributed by atoms with E-state index in [1.165, 1.54) is 37.6 Å². The molecule has 0 spiro atoms. The first-order valence-electron chi connectivity index (χ1n) is 6.37. The molecule has 2 aliphatic rings. The first kappa shape index (κ1) is 15.6. The van der Waals surface area contributed by atoms with Gasteiger partial charge in [-0.25, -0.2) is 0 Å². The molecule has 0 aromatic carbocycles. The molecule has 0 aromatic heterocycles. The molecule has 0 aliphatic carbocycles. The number of aliphatic hydroxyl groups is 1. The predicted molar refractivity (Wildman–Crippen MR) is 77.2 cm³/mol. The lowest BCUT2D eigenvalue weighted by molar-refractivity contribution is 0.122. The lowest BCUT2D eigenvalue weighted by atomic mass is 9.88. The first-order chi connectivity index (χ1) is 7.73. The van der Waals surface area contributed by atoms with Crippen molar-refractivity contribution in [2.24, 2.45) is 5.41 Å². The number of nitrogens with zero attached hydrogens (tertiary/aromatic N) is 1. The number of halogens is 1. The van der Waals surface area contributed by atoms with Crippen LogP contribution in [0.1, 0.15) is 19.8 Å². The maximum Gasteiger partial charge on any atom is 0.0446 e. The van der Waals surface area contributed by atoms with Crippen LogP contribution >= 0.6 is 24.2 Å². The summed E-state index contributed by atoms with van der Waals surface area (Å²) >= 11 is 2.04. The number of thioether (sulfide) groups is 1. The van der Waals surface area contributed by atoms with Gasteiger partial charge in [0.15, 0.2) is 0 Å². The van der Waals surface area contributed by atoms with E-state index in [-0.39, 0.29) is 12.4 Å². The average Bonchev–Trinajstić information content (AvgIpc) is 2.68. The molecule has 5 heteroatoms. The van der Waals surface area contributed by atoms with Crippen LogP contribution in [0, 0.1) is 5.41 Å². The fourth-order valence-electron chi connectivity index (χ4n) is 2.81. The van der Waals surface area contributed by atoms with Crippen LogP contribution in [-0.2, 0) is 0 Å². The van der Waals surface area contributed by atoms with E-state index >= 15 is 0 Å². The van der Waals surface area contributed by atoms with Crippen molar-refractivity contribution in [3.8, 4) is 0 Å². The van der Waals surface area contributed by atoms with Crippen LogP contribution in [0.2, 0.25) is 0 Å². The Balaban J connectivity index is 0.00000144. The summed E-state index contributed by atoms with van der Waals surface area (Å²) in [6, 6.07) is 0.598. The molecule has 2 rings (SSSR count). The van der Waals surface area contributed by atoms with E-state index in [0.29, 0.717) is 18.1 Å². The molecule has 0 bridgehead atoms. The minimum Gasteiger partial charge on any atom is -0.396 e. The van der Waals surface area contributed by atoms with E-state index in [1.807, 2.05) is 11.8 Å². The summed E-state index contributed by atoms with van der Waals surface area (Å²) in [5.74, 6) is 2.45. The molecule has 2 atom stereocenters. The normalized spacial score (nSPS) is 34.6. The Labute approximate surface area is 115 Å². The third-order valence-electron chi connectivity index (χ3n) is 3.85. The Bertz CT molecular complexity index is 223. The molecule has 17 heavy (non-hydrogen) atoms. The van der Waals surface area contributed by atoms with Crippen molar-refractivity contribution >= 4 is 24.2 Å². The number of hydrogen-bond acceptors (Lipinski definition) is 4. The van der Waals surface area contributed by atoms with Crippen LogP contribution in [0.5, 0.6) is 0 Å². The first-order valence-corrected chi connectivity index (χ1v) is 7.52. The van der Waals surface area contributed by atoms with E-state index in [0.717, 1.165) is 13.0 Å². The quantitative estimate of drug-likeness (QED) is 0.811. The van der Waals surface area contributed by atoms with Gasteiger partial charge < -0.3 is 10.4 Å². The van der Waals surface area contributed by atoms with Crippen molar-refractivity contribution in [1.82, 2.24) is 10.2 Å². The second kappa shape index (κ2) is 7.19. The highest BCUT2D eigenvalue weighted by molar-refractivity contribution is 7.99. The van der Waals surface area contributed by atoms with Gasteiger partial charge >= 0.3 is 0 Å². The summed E-state index contributed by atoms with van der Waals surface area (Å²) in [6.45, 7) is 7.45. The topological polar surface area (TPSA) is 35.5 Å². The molecular weight excluding hydrogens is 256 g/mol. The zero-order valence-corrected chi connectivity index (χ0v) is 12.3. The number of aliphatic hydroxyl groups excluding tert-OH is 1. The van der Waals surface area contributed by atoms with Gasteiger partial charge in [0.1, 0.15) is 0 Å². The van der Waals surface area contributed by atoms with E-state index < -0.39 is 0 Å². The third kappa shape index (κ3) is 4.28. The summed E-state index contributed by atoms with van der Waals surface area (Å²) < 4.78 is 0. The second-order valence-corrected chi connectivity index (χ2v) is 6.60. The van der Waals surface area contributed by atoms with Gasteiger partial charge in [0.25, 0.3) is 0 Å². The van der Waals surface area contributed by atoms with Crippen LogP contribution in [0.15, 0.2) is 0 Å². The van der Waals surface area contributed by atoms with Gasteiger partial charge in [-0.3, -0.25) is 4.90 Å². The zero-order chi connectivity index (χ0) is 11.4. The maximum atomic E-state index is 9.11. The van der Waals surface area contributed by atoms with Crippen LogP contribution in [0.3, 0.4) is 0 Å². The monoisotopic (exact) mass is 280 g/mol. The molecule has 2 heterocycles. The van der Waals surface area contributed by atoms with E-state index in [1.54, 1.807) is 0 Å². The van der Waals surface area contributed by atoms with Crippen LogP contribution in [0.4, 0.5) is 0 Å². The molecule has 2 unspecified atom stereocenters. The van der Waals surface area contributed by atoms with Gasteiger partial charge in [-0.1, -0.05) is 6.92 Å². The predicted octanol–water partition coefficient (Wildman–Crippen LogP) is 1.21. The number of rotatable bonds is 4. The third-order valence-corrected chi connectivity index (χ3v) is 4.95. The number of nitrogens with one attached hydrogen (secondary N) is 1. The summed E-state index contributed by atoms with van der Waals surface area (Å²) in [7, 11) is 0. The SMILES string of the molecule is CC1(CN2CCSCC2CCO)CCNC1.Cl. The van der Waals surface area contributed by atoms with Gasteiger partial charge in [0.05, 0.1) is 0 Å². The Morgan fingerprint density at radius 1 is 1.53 bits per heavy atom. The smallest absolute Gasteiger partial charge is 0.0446 e. The standard InChI is InChI=1S/C12H24N2OS.ClH/c1-12(3-4-13-9-12)10-14-5-7-16-8-11(14)2-6-15;/h11,13,15H,2-10H2,1H3;1H. The number of hydrogen-bond donors (Lipinski definition) is 2.